The quantitative estimate of drug-likeness (QED) is 0.354. The second-order valence-corrected chi connectivity index (χ2v) is 7.50. The lowest BCUT2D eigenvalue weighted by Gasteiger charge is -2.29. The summed E-state index contributed by atoms with van der Waals surface area (Å²) in [6.07, 6.45) is 0.826. The predicted octanol–water partition coefficient (Wildman–Crippen LogP) is 6.79. The first-order valence-corrected chi connectivity index (χ1v) is 9.94. The van der Waals surface area contributed by atoms with Crippen LogP contribution in [0.3, 0.4) is 0 Å². The van der Waals surface area contributed by atoms with Gasteiger partial charge in [-0.15, -0.1) is 0 Å². The summed E-state index contributed by atoms with van der Waals surface area (Å²) < 4.78 is 15.4. The predicted molar refractivity (Wildman–Crippen MR) is 113 cm³/mol. The molecule has 0 saturated carbocycles. The van der Waals surface area contributed by atoms with E-state index in [0.717, 1.165) is 33.4 Å². The molecule has 1 heterocycles. The van der Waals surface area contributed by atoms with E-state index in [-0.39, 0.29) is 9.74 Å². The van der Waals surface area contributed by atoms with Crippen LogP contribution in [0, 0.1) is 5.82 Å². The van der Waals surface area contributed by atoms with Crippen LogP contribution < -0.4 is 5.32 Å². The number of halogens is 3. The van der Waals surface area contributed by atoms with Crippen molar-refractivity contribution in [2.24, 2.45) is 0 Å². The van der Waals surface area contributed by atoms with Crippen LogP contribution in [-0.4, -0.2) is 3.92 Å². The number of nitrogens with one attached hydrogen (secondary N) is 1. The molecule has 0 spiro atoms. The first-order valence-electron chi connectivity index (χ1n) is 7.90. The molecule has 24 heavy (non-hydrogen) atoms. The summed E-state index contributed by atoms with van der Waals surface area (Å²) in [4.78, 5) is 0. The molecule has 1 aliphatic rings. The van der Waals surface area contributed by atoms with Crippen LogP contribution in [0.4, 0.5) is 4.39 Å². The van der Waals surface area contributed by atoms with Crippen LogP contribution in [0.2, 0.25) is 0 Å². The van der Waals surface area contributed by atoms with Crippen molar-refractivity contribution in [1.82, 2.24) is 5.32 Å². The van der Waals surface area contributed by atoms with Crippen molar-refractivity contribution < 1.29 is 4.39 Å². The lowest BCUT2D eigenvalue weighted by Crippen LogP contribution is -2.26. The maximum absolute atomic E-state index is 14.4. The molecule has 2 aromatic rings. The SMILES string of the molecule is C=C1NC(c2c(F)cccc2Br)=C(c2ccccc2)CC1I.CC. The first kappa shape index (κ1) is 19.2. The second-order valence-electron chi connectivity index (χ2n) is 5.14. The zero-order valence-corrected chi connectivity index (χ0v) is 17.5. The molecule has 4 heteroatoms. The van der Waals surface area contributed by atoms with Crippen LogP contribution in [0.1, 0.15) is 31.4 Å². The van der Waals surface area contributed by atoms with Crippen molar-refractivity contribution >= 4 is 49.8 Å². The molecule has 1 atom stereocenters. The third-order valence-electron chi connectivity index (χ3n) is 3.68. The maximum Gasteiger partial charge on any atom is 0.133 e. The van der Waals surface area contributed by atoms with Crippen molar-refractivity contribution in [3.63, 3.8) is 0 Å². The van der Waals surface area contributed by atoms with E-state index in [1.807, 2.05) is 38.1 Å². The Labute approximate surface area is 165 Å². The largest absolute Gasteiger partial charge is 0.358 e. The summed E-state index contributed by atoms with van der Waals surface area (Å²) in [5.41, 5.74) is 4.48. The van der Waals surface area contributed by atoms with E-state index >= 15 is 0 Å². The molecule has 0 amide bonds. The minimum Gasteiger partial charge on any atom is -0.358 e. The van der Waals surface area contributed by atoms with Crippen LogP contribution in [0.5, 0.6) is 0 Å². The van der Waals surface area contributed by atoms with E-state index in [9.17, 15) is 4.39 Å². The van der Waals surface area contributed by atoms with Gasteiger partial charge in [-0.25, -0.2) is 4.39 Å². The fourth-order valence-electron chi connectivity index (χ4n) is 2.57. The van der Waals surface area contributed by atoms with Gasteiger partial charge in [0, 0.05) is 15.7 Å². The highest BCUT2D eigenvalue weighted by Gasteiger charge is 2.26. The second kappa shape index (κ2) is 8.81. The van der Waals surface area contributed by atoms with Gasteiger partial charge in [0.2, 0.25) is 0 Å². The molecule has 1 aliphatic heterocycles. The lowest BCUT2D eigenvalue weighted by atomic mass is 9.92. The van der Waals surface area contributed by atoms with Crippen LogP contribution in [0.25, 0.3) is 11.3 Å². The minimum absolute atomic E-state index is 0.245. The molecule has 0 saturated heterocycles. The van der Waals surface area contributed by atoms with E-state index in [1.54, 1.807) is 6.07 Å². The Kier molecular flexibility index (Phi) is 7.04. The monoisotopic (exact) mass is 499 g/mol. The lowest BCUT2D eigenvalue weighted by molar-refractivity contribution is 0.621. The summed E-state index contributed by atoms with van der Waals surface area (Å²) in [5.74, 6) is -0.245. The Morgan fingerprint density at radius 3 is 2.42 bits per heavy atom. The van der Waals surface area contributed by atoms with Gasteiger partial charge < -0.3 is 5.32 Å². The van der Waals surface area contributed by atoms with E-state index in [1.165, 1.54) is 6.07 Å². The van der Waals surface area contributed by atoms with E-state index < -0.39 is 0 Å². The van der Waals surface area contributed by atoms with Gasteiger partial charge in [0.15, 0.2) is 0 Å². The maximum atomic E-state index is 14.4. The number of alkyl halides is 1. The van der Waals surface area contributed by atoms with Crippen molar-refractivity contribution in [2.45, 2.75) is 24.2 Å². The number of hydrogen-bond acceptors (Lipinski definition) is 1. The molecule has 126 valence electrons. The van der Waals surface area contributed by atoms with Crippen molar-refractivity contribution in [3.05, 3.63) is 82.2 Å². The number of allylic oxidation sites excluding steroid dienone is 2. The summed E-state index contributed by atoms with van der Waals surface area (Å²) in [7, 11) is 0. The molecule has 0 fully saturated rings. The Hall–Kier alpha value is -1.14. The van der Waals surface area contributed by atoms with Gasteiger partial charge in [-0.1, -0.05) is 79.4 Å². The number of hydrogen-bond donors (Lipinski definition) is 1. The normalized spacial score (nSPS) is 17.0. The fraction of sp³-hybridized carbons (Fsp3) is 0.200. The zero-order chi connectivity index (χ0) is 17.7. The van der Waals surface area contributed by atoms with Gasteiger partial charge in [0.25, 0.3) is 0 Å². The van der Waals surface area contributed by atoms with E-state index in [0.29, 0.717) is 5.56 Å². The van der Waals surface area contributed by atoms with Crippen molar-refractivity contribution in [3.8, 4) is 0 Å². The fourth-order valence-corrected chi connectivity index (χ4v) is 3.71. The molecule has 0 aromatic heterocycles. The number of rotatable bonds is 2. The van der Waals surface area contributed by atoms with E-state index in [4.69, 9.17) is 0 Å². The Morgan fingerprint density at radius 1 is 1.12 bits per heavy atom. The Bertz CT molecular complexity index is 735. The summed E-state index contributed by atoms with van der Waals surface area (Å²) in [5, 5.41) is 3.32. The highest BCUT2D eigenvalue weighted by molar-refractivity contribution is 14.1. The van der Waals surface area contributed by atoms with Crippen LogP contribution in [-0.2, 0) is 0 Å². The molecule has 0 radical (unpaired) electrons. The Morgan fingerprint density at radius 2 is 1.79 bits per heavy atom. The standard InChI is InChI=1S/C18H14BrFIN.C2H6/c1-11-16(21)10-13(12-6-3-2-4-7-12)18(22-11)17-14(19)8-5-9-15(17)20;1-2/h2-9,16,22H,1,10H2;1-2H3. The zero-order valence-electron chi connectivity index (χ0n) is 13.7. The molecule has 1 N–H and O–H groups in total. The van der Waals surface area contributed by atoms with Gasteiger partial charge in [0.1, 0.15) is 5.82 Å². The molecular formula is C20H20BrFIN. The topological polar surface area (TPSA) is 12.0 Å². The molecule has 1 unspecified atom stereocenters. The summed E-state index contributed by atoms with van der Waals surface area (Å²) in [6.45, 7) is 8.07. The third-order valence-corrected chi connectivity index (χ3v) is 5.54. The molecule has 2 aromatic carbocycles. The van der Waals surface area contributed by atoms with E-state index in [2.05, 4.69) is 62.5 Å². The third kappa shape index (κ3) is 4.09. The Balaban J connectivity index is 0.00000100. The smallest absolute Gasteiger partial charge is 0.133 e. The van der Waals surface area contributed by atoms with Crippen LogP contribution in [0.15, 0.2) is 65.3 Å². The van der Waals surface area contributed by atoms with Gasteiger partial charge in [-0.3, -0.25) is 0 Å². The average Bonchev–Trinajstić information content (AvgIpc) is 2.60. The minimum atomic E-state index is -0.245. The average molecular weight is 500 g/mol. The summed E-state index contributed by atoms with van der Waals surface area (Å²) >= 11 is 5.84. The molecule has 3 rings (SSSR count). The van der Waals surface area contributed by atoms with Crippen LogP contribution >= 0.6 is 38.5 Å². The summed E-state index contributed by atoms with van der Waals surface area (Å²) in [6, 6.07) is 15.1. The molecule has 0 bridgehead atoms. The van der Waals surface area contributed by atoms with Gasteiger partial charge in [-0.2, -0.15) is 0 Å². The number of benzene rings is 2. The highest BCUT2D eigenvalue weighted by atomic mass is 127. The highest BCUT2D eigenvalue weighted by Crippen LogP contribution is 2.39. The van der Waals surface area contributed by atoms with Crippen molar-refractivity contribution in [1.29, 1.82) is 0 Å². The van der Waals surface area contributed by atoms with Gasteiger partial charge in [0.05, 0.1) is 9.62 Å². The molecular weight excluding hydrogens is 480 g/mol. The van der Waals surface area contributed by atoms with Gasteiger partial charge >= 0.3 is 0 Å². The van der Waals surface area contributed by atoms with Crippen molar-refractivity contribution in [2.75, 3.05) is 0 Å². The van der Waals surface area contributed by atoms with Gasteiger partial charge in [-0.05, 0) is 45.6 Å². The molecule has 1 nitrogen and oxygen atoms in total. The molecule has 0 aliphatic carbocycles. The first-order chi connectivity index (χ1) is 11.6.